The van der Waals surface area contributed by atoms with Gasteiger partial charge in [-0.2, -0.15) is 5.10 Å². The van der Waals surface area contributed by atoms with Crippen molar-refractivity contribution in [3.8, 4) is 5.69 Å². The van der Waals surface area contributed by atoms with E-state index in [1.165, 1.54) is 17.5 Å². The standard InChI is InChI=1S/C15H16F3N3/c1-2-14-9(7-19-10-3-4-10)8-20-21(14)15-6-12(17)11(16)5-13(15)18/h5-6,8,10,19H,2-4,7H2,1H3. The van der Waals surface area contributed by atoms with E-state index in [1.807, 2.05) is 6.92 Å². The zero-order valence-corrected chi connectivity index (χ0v) is 11.7. The largest absolute Gasteiger partial charge is 0.310 e. The Labute approximate surface area is 120 Å². The molecule has 0 atom stereocenters. The third kappa shape index (κ3) is 2.81. The van der Waals surface area contributed by atoms with E-state index in [1.54, 1.807) is 6.20 Å². The van der Waals surface area contributed by atoms with Gasteiger partial charge in [0.25, 0.3) is 0 Å². The summed E-state index contributed by atoms with van der Waals surface area (Å²) in [4.78, 5) is 0. The molecule has 1 aliphatic rings. The first-order valence-corrected chi connectivity index (χ1v) is 7.04. The molecule has 0 aliphatic heterocycles. The highest BCUT2D eigenvalue weighted by molar-refractivity contribution is 5.37. The molecular weight excluding hydrogens is 279 g/mol. The lowest BCUT2D eigenvalue weighted by Crippen LogP contribution is -2.16. The lowest BCUT2D eigenvalue weighted by molar-refractivity contribution is 0.491. The lowest BCUT2D eigenvalue weighted by Gasteiger charge is -2.10. The fourth-order valence-electron chi connectivity index (χ4n) is 2.36. The van der Waals surface area contributed by atoms with Crippen molar-refractivity contribution in [2.45, 2.75) is 38.8 Å². The van der Waals surface area contributed by atoms with E-state index >= 15 is 0 Å². The van der Waals surface area contributed by atoms with Crippen LogP contribution in [0.3, 0.4) is 0 Å². The predicted octanol–water partition coefficient (Wildman–Crippen LogP) is 3.10. The molecule has 1 heterocycles. The van der Waals surface area contributed by atoms with Crippen molar-refractivity contribution in [2.75, 3.05) is 0 Å². The maximum absolute atomic E-state index is 13.9. The van der Waals surface area contributed by atoms with Crippen LogP contribution in [0.25, 0.3) is 5.69 Å². The highest BCUT2D eigenvalue weighted by Gasteiger charge is 2.22. The molecule has 0 radical (unpaired) electrons. The summed E-state index contributed by atoms with van der Waals surface area (Å²) in [5.74, 6) is -3.10. The Morgan fingerprint density at radius 3 is 2.57 bits per heavy atom. The quantitative estimate of drug-likeness (QED) is 0.859. The van der Waals surface area contributed by atoms with E-state index < -0.39 is 17.5 Å². The molecule has 1 aromatic heterocycles. The molecule has 1 fully saturated rings. The third-order valence-corrected chi connectivity index (χ3v) is 3.67. The van der Waals surface area contributed by atoms with Crippen molar-refractivity contribution in [1.82, 2.24) is 15.1 Å². The molecule has 112 valence electrons. The molecule has 0 saturated heterocycles. The topological polar surface area (TPSA) is 29.9 Å². The summed E-state index contributed by atoms with van der Waals surface area (Å²) in [6.45, 7) is 2.57. The molecule has 2 aromatic rings. The van der Waals surface area contributed by atoms with Crippen LogP contribution in [0.2, 0.25) is 0 Å². The summed E-state index contributed by atoms with van der Waals surface area (Å²) >= 11 is 0. The van der Waals surface area contributed by atoms with E-state index in [4.69, 9.17) is 0 Å². The molecule has 3 rings (SSSR count). The van der Waals surface area contributed by atoms with E-state index in [9.17, 15) is 13.2 Å². The second-order valence-electron chi connectivity index (χ2n) is 5.25. The molecule has 1 aliphatic carbocycles. The van der Waals surface area contributed by atoms with Crippen LogP contribution < -0.4 is 5.32 Å². The second kappa shape index (κ2) is 5.52. The zero-order valence-electron chi connectivity index (χ0n) is 11.7. The molecule has 6 heteroatoms. The lowest BCUT2D eigenvalue weighted by atomic mass is 10.2. The molecule has 1 N–H and O–H groups in total. The summed E-state index contributed by atoms with van der Waals surface area (Å²) in [7, 11) is 0. The number of hydrogen-bond donors (Lipinski definition) is 1. The van der Waals surface area contributed by atoms with Gasteiger partial charge in [0.05, 0.1) is 6.20 Å². The van der Waals surface area contributed by atoms with Gasteiger partial charge >= 0.3 is 0 Å². The third-order valence-electron chi connectivity index (χ3n) is 3.67. The van der Waals surface area contributed by atoms with Gasteiger partial charge in [-0.3, -0.25) is 0 Å². The van der Waals surface area contributed by atoms with Crippen molar-refractivity contribution in [1.29, 1.82) is 0 Å². The summed E-state index contributed by atoms with van der Waals surface area (Å²) in [5.41, 5.74) is 1.69. The first-order valence-electron chi connectivity index (χ1n) is 7.04. The number of halogens is 3. The van der Waals surface area contributed by atoms with Gasteiger partial charge in [0, 0.05) is 36.0 Å². The minimum atomic E-state index is -1.20. The van der Waals surface area contributed by atoms with Gasteiger partial charge in [0.2, 0.25) is 0 Å². The molecule has 0 bridgehead atoms. The van der Waals surface area contributed by atoms with Crippen LogP contribution in [0.1, 0.15) is 31.0 Å². The van der Waals surface area contributed by atoms with Gasteiger partial charge in [0.1, 0.15) is 5.69 Å². The Hall–Kier alpha value is -1.82. The van der Waals surface area contributed by atoms with Gasteiger partial charge in [-0.25, -0.2) is 17.9 Å². The SMILES string of the molecule is CCc1c(CNC2CC2)cnn1-c1cc(F)c(F)cc1F. The van der Waals surface area contributed by atoms with Gasteiger partial charge < -0.3 is 5.32 Å². The van der Waals surface area contributed by atoms with Crippen molar-refractivity contribution >= 4 is 0 Å². The van der Waals surface area contributed by atoms with Gasteiger partial charge in [-0.1, -0.05) is 6.92 Å². The van der Waals surface area contributed by atoms with Crippen LogP contribution >= 0.6 is 0 Å². The number of hydrogen-bond acceptors (Lipinski definition) is 2. The number of nitrogens with one attached hydrogen (secondary N) is 1. The Morgan fingerprint density at radius 2 is 1.90 bits per heavy atom. The van der Waals surface area contributed by atoms with Crippen molar-refractivity contribution in [2.24, 2.45) is 0 Å². The van der Waals surface area contributed by atoms with Gasteiger partial charge in [0.15, 0.2) is 17.5 Å². The second-order valence-corrected chi connectivity index (χ2v) is 5.25. The summed E-state index contributed by atoms with van der Waals surface area (Å²) in [6, 6.07) is 1.95. The number of aromatic nitrogens is 2. The van der Waals surface area contributed by atoms with Crippen LogP contribution in [-0.2, 0) is 13.0 Å². The van der Waals surface area contributed by atoms with Crippen LogP contribution in [0, 0.1) is 17.5 Å². The highest BCUT2D eigenvalue weighted by atomic mass is 19.2. The highest BCUT2D eigenvalue weighted by Crippen LogP contribution is 2.23. The molecule has 1 saturated carbocycles. The molecule has 0 unspecified atom stereocenters. The fourth-order valence-corrected chi connectivity index (χ4v) is 2.36. The molecule has 21 heavy (non-hydrogen) atoms. The molecule has 3 nitrogen and oxygen atoms in total. The monoisotopic (exact) mass is 295 g/mol. The van der Waals surface area contributed by atoms with E-state index in [-0.39, 0.29) is 5.69 Å². The Balaban J connectivity index is 1.95. The minimum Gasteiger partial charge on any atom is -0.310 e. The maximum Gasteiger partial charge on any atom is 0.161 e. The molecule has 0 amide bonds. The normalized spacial score (nSPS) is 14.7. The van der Waals surface area contributed by atoms with Crippen LogP contribution in [0.15, 0.2) is 18.3 Å². The number of benzene rings is 1. The first-order chi connectivity index (χ1) is 10.1. The summed E-state index contributed by atoms with van der Waals surface area (Å²) in [5, 5.41) is 7.50. The average Bonchev–Trinajstić information content (AvgIpc) is 3.20. The molecule has 1 aromatic carbocycles. The Morgan fingerprint density at radius 1 is 1.19 bits per heavy atom. The van der Waals surface area contributed by atoms with Gasteiger partial charge in [-0.15, -0.1) is 0 Å². The summed E-state index contributed by atoms with van der Waals surface area (Å²) in [6.07, 6.45) is 4.62. The number of nitrogens with zero attached hydrogens (tertiary/aromatic N) is 2. The van der Waals surface area contributed by atoms with Crippen molar-refractivity contribution in [3.05, 3.63) is 47.0 Å². The van der Waals surface area contributed by atoms with Crippen molar-refractivity contribution < 1.29 is 13.2 Å². The molecular formula is C15H16F3N3. The zero-order chi connectivity index (χ0) is 15.0. The smallest absolute Gasteiger partial charge is 0.161 e. The minimum absolute atomic E-state index is 0.0663. The fraction of sp³-hybridized carbons (Fsp3) is 0.400. The number of rotatable bonds is 5. The Kier molecular flexibility index (Phi) is 3.71. The van der Waals surface area contributed by atoms with Crippen LogP contribution in [0.4, 0.5) is 13.2 Å². The van der Waals surface area contributed by atoms with Crippen LogP contribution in [-0.4, -0.2) is 15.8 Å². The average molecular weight is 295 g/mol. The van der Waals surface area contributed by atoms with Crippen LogP contribution in [0.5, 0.6) is 0 Å². The van der Waals surface area contributed by atoms with Crippen molar-refractivity contribution in [3.63, 3.8) is 0 Å². The van der Waals surface area contributed by atoms with Gasteiger partial charge in [-0.05, 0) is 19.3 Å². The maximum atomic E-state index is 13.9. The van der Waals surface area contributed by atoms with E-state index in [0.717, 1.165) is 17.3 Å². The Bertz CT molecular complexity index is 662. The summed E-state index contributed by atoms with van der Waals surface area (Å²) < 4.78 is 41.6. The first kappa shape index (κ1) is 14.1. The van der Waals surface area contributed by atoms with E-state index in [0.29, 0.717) is 25.1 Å². The van der Waals surface area contributed by atoms with E-state index in [2.05, 4.69) is 10.4 Å². The predicted molar refractivity (Wildman–Crippen MR) is 72.7 cm³/mol. The molecule has 0 spiro atoms.